The SMILES string of the molecule is CCN(C1=NC(=O)C2CCCCCCC2S1)c1ccc(CC(=O)O)cc1. The van der Waals surface area contributed by atoms with Crippen LogP contribution in [0.3, 0.4) is 0 Å². The molecule has 0 spiro atoms. The first-order chi connectivity index (χ1) is 12.6. The van der Waals surface area contributed by atoms with E-state index in [2.05, 4.69) is 9.89 Å². The predicted octanol–water partition coefficient (Wildman–Crippen LogP) is 4.11. The van der Waals surface area contributed by atoms with Gasteiger partial charge in [0.2, 0.25) is 0 Å². The highest BCUT2D eigenvalue weighted by atomic mass is 32.2. The zero-order valence-electron chi connectivity index (χ0n) is 15.2. The number of hydrogen-bond acceptors (Lipinski definition) is 4. The first-order valence-corrected chi connectivity index (χ1v) is 10.3. The molecule has 2 aliphatic rings. The molecule has 1 heterocycles. The highest BCUT2D eigenvalue weighted by Crippen LogP contribution is 2.38. The second-order valence-electron chi connectivity index (χ2n) is 6.97. The van der Waals surface area contributed by atoms with Gasteiger partial charge in [-0.3, -0.25) is 9.59 Å². The molecular formula is C20H26N2O3S. The molecule has 5 nitrogen and oxygen atoms in total. The normalized spacial score (nSPS) is 23.4. The average Bonchev–Trinajstić information content (AvgIpc) is 2.58. The van der Waals surface area contributed by atoms with E-state index >= 15 is 0 Å². The van der Waals surface area contributed by atoms with Crippen molar-refractivity contribution in [2.24, 2.45) is 10.9 Å². The Morgan fingerprint density at radius 3 is 2.54 bits per heavy atom. The van der Waals surface area contributed by atoms with E-state index < -0.39 is 5.97 Å². The Bertz CT molecular complexity index is 687. The van der Waals surface area contributed by atoms with Gasteiger partial charge in [0.15, 0.2) is 5.17 Å². The second-order valence-corrected chi connectivity index (χ2v) is 8.17. The van der Waals surface area contributed by atoms with Gasteiger partial charge in [-0.2, -0.15) is 4.99 Å². The zero-order chi connectivity index (χ0) is 18.5. The summed E-state index contributed by atoms with van der Waals surface area (Å²) in [6.45, 7) is 2.76. The fraction of sp³-hybridized carbons (Fsp3) is 0.550. The molecule has 140 valence electrons. The molecule has 1 aliphatic carbocycles. The van der Waals surface area contributed by atoms with E-state index in [1.165, 1.54) is 19.3 Å². The minimum atomic E-state index is -0.835. The molecule has 2 atom stereocenters. The molecule has 0 aromatic heterocycles. The van der Waals surface area contributed by atoms with Crippen molar-refractivity contribution in [3.8, 4) is 0 Å². The molecule has 3 rings (SSSR count). The van der Waals surface area contributed by atoms with Crippen molar-refractivity contribution in [3.05, 3.63) is 29.8 Å². The summed E-state index contributed by atoms with van der Waals surface area (Å²) in [5, 5.41) is 10.0. The van der Waals surface area contributed by atoms with Gasteiger partial charge >= 0.3 is 5.97 Å². The minimum Gasteiger partial charge on any atom is -0.481 e. The molecule has 1 amide bonds. The van der Waals surface area contributed by atoms with E-state index in [0.717, 1.165) is 42.2 Å². The Labute approximate surface area is 158 Å². The Kier molecular flexibility index (Phi) is 6.35. The number of amidine groups is 1. The van der Waals surface area contributed by atoms with Gasteiger partial charge in [-0.15, -0.1) is 0 Å². The maximum Gasteiger partial charge on any atom is 0.307 e. The van der Waals surface area contributed by atoms with Crippen molar-refractivity contribution >= 4 is 34.5 Å². The van der Waals surface area contributed by atoms with Crippen LogP contribution in [0, 0.1) is 5.92 Å². The summed E-state index contributed by atoms with van der Waals surface area (Å²) in [7, 11) is 0. The topological polar surface area (TPSA) is 70.0 Å². The Morgan fingerprint density at radius 1 is 1.19 bits per heavy atom. The van der Waals surface area contributed by atoms with E-state index in [1.54, 1.807) is 11.8 Å². The summed E-state index contributed by atoms with van der Waals surface area (Å²) in [5.74, 6) is -0.731. The lowest BCUT2D eigenvalue weighted by molar-refractivity contribution is -0.136. The maximum absolute atomic E-state index is 12.6. The number of aliphatic carboxylic acids is 1. The third-order valence-corrected chi connectivity index (χ3v) is 6.52. The van der Waals surface area contributed by atoms with Gasteiger partial charge in [0.1, 0.15) is 0 Å². The van der Waals surface area contributed by atoms with Crippen molar-refractivity contribution in [3.63, 3.8) is 0 Å². The van der Waals surface area contributed by atoms with Gasteiger partial charge < -0.3 is 10.0 Å². The van der Waals surface area contributed by atoms with Crippen LogP contribution in [0.4, 0.5) is 5.69 Å². The fourth-order valence-electron chi connectivity index (χ4n) is 3.73. The molecule has 1 fully saturated rings. The summed E-state index contributed by atoms with van der Waals surface area (Å²) in [5.41, 5.74) is 1.72. The highest BCUT2D eigenvalue weighted by molar-refractivity contribution is 8.14. The number of carboxylic acid groups (broad SMARTS) is 1. The van der Waals surface area contributed by atoms with Crippen molar-refractivity contribution in [1.82, 2.24) is 0 Å². The van der Waals surface area contributed by atoms with Crippen LogP contribution in [-0.4, -0.2) is 33.9 Å². The second kappa shape index (κ2) is 8.71. The molecule has 6 heteroatoms. The van der Waals surface area contributed by atoms with Crippen molar-refractivity contribution < 1.29 is 14.7 Å². The summed E-state index contributed by atoms with van der Waals surface area (Å²) in [4.78, 5) is 30.0. The molecular weight excluding hydrogens is 348 g/mol. The largest absolute Gasteiger partial charge is 0.481 e. The summed E-state index contributed by atoms with van der Waals surface area (Å²) >= 11 is 1.75. The van der Waals surface area contributed by atoms with Gasteiger partial charge in [-0.1, -0.05) is 49.6 Å². The van der Waals surface area contributed by atoms with E-state index in [1.807, 2.05) is 31.2 Å². The van der Waals surface area contributed by atoms with Crippen LogP contribution in [0.1, 0.15) is 51.0 Å². The van der Waals surface area contributed by atoms with Crippen LogP contribution < -0.4 is 4.90 Å². The molecule has 2 unspecified atom stereocenters. The molecule has 0 radical (unpaired) electrons. The summed E-state index contributed by atoms with van der Waals surface area (Å²) in [6.07, 6.45) is 6.85. The number of anilines is 1. The Morgan fingerprint density at radius 2 is 1.88 bits per heavy atom. The average molecular weight is 375 g/mol. The van der Waals surface area contributed by atoms with Crippen LogP contribution in [0.5, 0.6) is 0 Å². The number of aliphatic imine (C=N–C) groups is 1. The lowest BCUT2D eigenvalue weighted by Gasteiger charge is -2.34. The highest BCUT2D eigenvalue weighted by Gasteiger charge is 2.36. The maximum atomic E-state index is 12.6. The number of rotatable bonds is 4. The van der Waals surface area contributed by atoms with Gasteiger partial charge in [-0.25, -0.2) is 0 Å². The van der Waals surface area contributed by atoms with Crippen LogP contribution in [0.15, 0.2) is 29.3 Å². The van der Waals surface area contributed by atoms with E-state index in [0.29, 0.717) is 5.25 Å². The zero-order valence-corrected chi connectivity index (χ0v) is 16.0. The van der Waals surface area contributed by atoms with Crippen molar-refractivity contribution in [2.75, 3.05) is 11.4 Å². The van der Waals surface area contributed by atoms with Crippen LogP contribution >= 0.6 is 11.8 Å². The smallest absolute Gasteiger partial charge is 0.307 e. The van der Waals surface area contributed by atoms with Crippen molar-refractivity contribution in [2.45, 2.75) is 57.1 Å². The first kappa shape index (κ1) is 19.0. The van der Waals surface area contributed by atoms with Crippen LogP contribution in [0.25, 0.3) is 0 Å². The monoisotopic (exact) mass is 374 g/mol. The van der Waals surface area contributed by atoms with Gasteiger partial charge in [-0.05, 0) is 37.5 Å². The number of thioether (sulfide) groups is 1. The number of hydrogen-bond donors (Lipinski definition) is 1. The molecule has 0 saturated heterocycles. The number of benzene rings is 1. The number of amides is 1. The number of nitrogens with zero attached hydrogens (tertiary/aromatic N) is 2. The number of carbonyl (C=O) groups is 2. The molecule has 1 aliphatic heterocycles. The van der Waals surface area contributed by atoms with Crippen molar-refractivity contribution in [1.29, 1.82) is 0 Å². The number of carbonyl (C=O) groups excluding carboxylic acids is 1. The van der Waals surface area contributed by atoms with Crippen LogP contribution in [0.2, 0.25) is 0 Å². The Balaban J connectivity index is 1.79. The molecule has 0 bridgehead atoms. The van der Waals surface area contributed by atoms with E-state index in [9.17, 15) is 9.59 Å². The minimum absolute atomic E-state index is 0.0182. The molecule has 1 saturated carbocycles. The predicted molar refractivity (Wildman–Crippen MR) is 106 cm³/mol. The quantitative estimate of drug-likeness (QED) is 0.859. The van der Waals surface area contributed by atoms with Crippen LogP contribution in [-0.2, 0) is 16.0 Å². The number of fused-ring (bicyclic) bond motifs is 1. The first-order valence-electron chi connectivity index (χ1n) is 9.46. The summed E-state index contributed by atoms with van der Waals surface area (Å²) in [6, 6.07) is 7.50. The molecule has 26 heavy (non-hydrogen) atoms. The van der Waals surface area contributed by atoms with E-state index in [-0.39, 0.29) is 18.2 Å². The standard InChI is InChI=1S/C20H26N2O3S/c1-2-22(15-11-9-14(10-12-15)13-18(23)24)20-21-19(25)16-7-5-3-4-6-8-17(16)26-20/h9-12,16-17H,2-8,13H2,1H3,(H,23,24). The van der Waals surface area contributed by atoms with E-state index in [4.69, 9.17) is 5.11 Å². The number of carboxylic acids is 1. The van der Waals surface area contributed by atoms with Gasteiger partial charge in [0, 0.05) is 17.5 Å². The molecule has 1 aromatic rings. The lowest BCUT2D eigenvalue weighted by Crippen LogP contribution is -2.39. The fourth-order valence-corrected chi connectivity index (χ4v) is 5.21. The van der Waals surface area contributed by atoms with Gasteiger partial charge in [0.05, 0.1) is 12.3 Å². The summed E-state index contributed by atoms with van der Waals surface area (Å²) < 4.78 is 0. The van der Waals surface area contributed by atoms with Gasteiger partial charge in [0.25, 0.3) is 5.91 Å². The third kappa shape index (κ3) is 4.47. The Hall–Kier alpha value is -1.82. The third-order valence-electron chi connectivity index (χ3n) is 5.13. The molecule has 1 N–H and O–H groups in total. The lowest BCUT2D eigenvalue weighted by atomic mass is 9.90. The molecule has 1 aromatic carbocycles.